The molecule has 2 fully saturated rings. The van der Waals surface area contributed by atoms with E-state index < -0.39 is 0 Å². The number of hydrogen-bond donors (Lipinski definition) is 1. The molecule has 74 valence electrons. The number of rotatable bonds is 1. The van der Waals surface area contributed by atoms with E-state index in [1.807, 2.05) is 0 Å². The van der Waals surface area contributed by atoms with E-state index >= 15 is 0 Å². The van der Waals surface area contributed by atoms with Crippen molar-refractivity contribution in [2.24, 2.45) is 5.92 Å². The molecule has 3 nitrogen and oxygen atoms in total. The molecule has 0 bridgehead atoms. The van der Waals surface area contributed by atoms with Crippen molar-refractivity contribution in [2.75, 3.05) is 6.54 Å². The summed E-state index contributed by atoms with van der Waals surface area (Å²) in [6, 6.07) is 0.334. The molecule has 2 rings (SSSR count). The third kappa shape index (κ3) is 1.51. The SMILES string of the molecule is CC(O)N1CC[C@H]2C(=O)CCC[C@H]21. The highest BCUT2D eigenvalue weighted by Crippen LogP contribution is 2.34. The lowest BCUT2D eigenvalue weighted by atomic mass is 9.84. The number of fused-ring (bicyclic) bond motifs is 1. The third-order valence-corrected chi connectivity index (χ3v) is 3.41. The smallest absolute Gasteiger partial charge is 0.137 e. The van der Waals surface area contributed by atoms with E-state index in [0.29, 0.717) is 11.8 Å². The summed E-state index contributed by atoms with van der Waals surface area (Å²) in [6.07, 6.45) is 3.41. The summed E-state index contributed by atoms with van der Waals surface area (Å²) in [6.45, 7) is 2.68. The lowest BCUT2D eigenvalue weighted by Gasteiger charge is -2.32. The van der Waals surface area contributed by atoms with Gasteiger partial charge in [-0.2, -0.15) is 0 Å². The minimum atomic E-state index is -0.388. The topological polar surface area (TPSA) is 40.5 Å². The van der Waals surface area contributed by atoms with Gasteiger partial charge < -0.3 is 5.11 Å². The number of carbonyl (C=O) groups is 1. The Hall–Kier alpha value is -0.410. The highest BCUT2D eigenvalue weighted by atomic mass is 16.3. The first kappa shape index (κ1) is 9.16. The van der Waals surface area contributed by atoms with Crippen molar-refractivity contribution < 1.29 is 9.90 Å². The van der Waals surface area contributed by atoms with E-state index in [1.165, 1.54) is 0 Å². The monoisotopic (exact) mass is 183 g/mol. The Labute approximate surface area is 78.7 Å². The fourth-order valence-corrected chi connectivity index (χ4v) is 2.75. The van der Waals surface area contributed by atoms with Crippen molar-refractivity contribution in [1.82, 2.24) is 4.90 Å². The van der Waals surface area contributed by atoms with Crippen LogP contribution in [-0.4, -0.2) is 34.6 Å². The van der Waals surface area contributed by atoms with Crippen LogP contribution in [0.1, 0.15) is 32.6 Å². The molecule has 3 heteroatoms. The van der Waals surface area contributed by atoms with Crippen LogP contribution in [0.15, 0.2) is 0 Å². The Morgan fingerprint density at radius 3 is 3.00 bits per heavy atom. The van der Waals surface area contributed by atoms with Gasteiger partial charge in [-0.25, -0.2) is 0 Å². The van der Waals surface area contributed by atoms with Crippen molar-refractivity contribution in [3.8, 4) is 0 Å². The maximum Gasteiger partial charge on any atom is 0.137 e. The van der Waals surface area contributed by atoms with Gasteiger partial charge in [0.05, 0.1) is 0 Å². The van der Waals surface area contributed by atoms with Gasteiger partial charge in [0, 0.05) is 24.9 Å². The van der Waals surface area contributed by atoms with Crippen LogP contribution in [0.3, 0.4) is 0 Å². The Balaban J connectivity index is 2.10. The van der Waals surface area contributed by atoms with E-state index in [-0.39, 0.29) is 12.1 Å². The molecule has 0 aromatic heterocycles. The highest BCUT2D eigenvalue weighted by Gasteiger charge is 2.41. The van der Waals surface area contributed by atoms with Crippen molar-refractivity contribution >= 4 is 5.78 Å². The zero-order chi connectivity index (χ0) is 9.42. The Bertz CT molecular complexity index is 215. The number of carbonyl (C=O) groups excluding carboxylic acids is 1. The first-order valence-corrected chi connectivity index (χ1v) is 5.16. The molecule has 0 amide bonds. The minimum Gasteiger partial charge on any atom is -0.379 e. The minimum absolute atomic E-state index is 0.225. The van der Waals surface area contributed by atoms with Crippen LogP contribution in [0.2, 0.25) is 0 Å². The number of Topliss-reactive ketones (excluding diaryl/α,β-unsaturated/α-hetero) is 1. The second-order valence-electron chi connectivity index (χ2n) is 4.19. The maximum atomic E-state index is 11.5. The summed E-state index contributed by atoms with van der Waals surface area (Å²) < 4.78 is 0. The molecule has 13 heavy (non-hydrogen) atoms. The molecule has 1 heterocycles. The molecule has 0 radical (unpaired) electrons. The van der Waals surface area contributed by atoms with Gasteiger partial charge in [0.15, 0.2) is 0 Å². The molecule has 1 unspecified atom stereocenters. The number of likely N-dealkylation sites (tertiary alicyclic amines) is 1. The summed E-state index contributed by atoms with van der Waals surface area (Å²) in [5.74, 6) is 0.641. The van der Waals surface area contributed by atoms with Crippen LogP contribution in [0.25, 0.3) is 0 Å². The second kappa shape index (κ2) is 3.39. The number of aliphatic hydroxyl groups is 1. The number of aliphatic hydroxyl groups excluding tert-OH is 1. The van der Waals surface area contributed by atoms with Crippen LogP contribution in [-0.2, 0) is 4.79 Å². The fourth-order valence-electron chi connectivity index (χ4n) is 2.75. The van der Waals surface area contributed by atoms with Crippen molar-refractivity contribution in [2.45, 2.75) is 44.9 Å². The van der Waals surface area contributed by atoms with Crippen LogP contribution in [0, 0.1) is 5.92 Å². The lowest BCUT2D eigenvalue weighted by molar-refractivity contribution is -0.126. The van der Waals surface area contributed by atoms with E-state index in [2.05, 4.69) is 4.90 Å². The molecule has 1 aliphatic carbocycles. The van der Waals surface area contributed by atoms with Crippen molar-refractivity contribution in [3.05, 3.63) is 0 Å². The molecule has 3 atom stereocenters. The molecule has 2 aliphatic rings. The molecule has 1 N–H and O–H groups in total. The maximum absolute atomic E-state index is 11.5. The average molecular weight is 183 g/mol. The van der Waals surface area contributed by atoms with Crippen LogP contribution >= 0.6 is 0 Å². The number of nitrogens with zero attached hydrogens (tertiary/aromatic N) is 1. The van der Waals surface area contributed by atoms with Crippen LogP contribution in [0.4, 0.5) is 0 Å². The first-order valence-electron chi connectivity index (χ1n) is 5.16. The van der Waals surface area contributed by atoms with Gasteiger partial charge in [0.1, 0.15) is 12.0 Å². The summed E-state index contributed by atoms with van der Waals surface area (Å²) in [5.41, 5.74) is 0. The summed E-state index contributed by atoms with van der Waals surface area (Å²) in [5, 5.41) is 9.49. The Morgan fingerprint density at radius 2 is 2.31 bits per heavy atom. The quantitative estimate of drug-likeness (QED) is 0.652. The van der Waals surface area contributed by atoms with Crippen molar-refractivity contribution in [3.63, 3.8) is 0 Å². The zero-order valence-corrected chi connectivity index (χ0v) is 8.07. The fraction of sp³-hybridized carbons (Fsp3) is 0.900. The van der Waals surface area contributed by atoms with Gasteiger partial charge in [-0.3, -0.25) is 9.69 Å². The predicted octanol–water partition coefficient (Wildman–Crippen LogP) is 0.768. The molecule has 1 saturated carbocycles. The van der Waals surface area contributed by atoms with E-state index in [9.17, 15) is 9.90 Å². The predicted molar refractivity (Wildman–Crippen MR) is 49.1 cm³/mol. The normalized spacial score (nSPS) is 37.5. The van der Waals surface area contributed by atoms with Gasteiger partial charge in [-0.1, -0.05) is 0 Å². The zero-order valence-electron chi connectivity index (χ0n) is 8.07. The summed E-state index contributed by atoms with van der Waals surface area (Å²) >= 11 is 0. The largest absolute Gasteiger partial charge is 0.379 e. The average Bonchev–Trinajstić information content (AvgIpc) is 2.48. The molecular formula is C10H17NO2. The van der Waals surface area contributed by atoms with Gasteiger partial charge in [0.2, 0.25) is 0 Å². The molecular weight excluding hydrogens is 166 g/mol. The van der Waals surface area contributed by atoms with E-state index in [4.69, 9.17) is 0 Å². The molecule has 0 spiro atoms. The van der Waals surface area contributed by atoms with Gasteiger partial charge >= 0.3 is 0 Å². The number of hydrogen-bond acceptors (Lipinski definition) is 3. The van der Waals surface area contributed by atoms with Gasteiger partial charge in [-0.05, 0) is 26.2 Å². The lowest BCUT2D eigenvalue weighted by Crippen LogP contribution is -2.42. The summed E-state index contributed by atoms with van der Waals surface area (Å²) in [4.78, 5) is 13.6. The molecule has 1 saturated heterocycles. The van der Waals surface area contributed by atoms with Gasteiger partial charge in [0.25, 0.3) is 0 Å². The molecule has 1 aliphatic heterocycles. The Morgan fingerprint density at radius 1 is 1.54 bits per heavy atom. The van der Waals surface area contributed by atoms with Crippen LogP contribution in [0.5, 0.6) is 0 Å². The van der Waals surface area contributed by atoms with Crippen LogP contribution < -0.4 is 0 Å². The standard InChI is InChI=1S/C10H17NO2/c1-7(12)11-6-5-8-9(11)3-2-4-10(8)13/h7-9,12H,2-6H2,1H3/t7?,8-,9-/m1/s1. The summed E-state index contributed by atoms with van der Waals surface area (Å²) in [7, 11) is 0. The first-order chi connectivity index (χ1) is 6.20. The van der Waals surface area contributed by atoms with E-state index in [0.717, 1.165) is 32.2 Å². The second-order valence-corrected chi connectivity index (χ2v) is 4.19. The molecule has 0 aromatic rings. The third-order valence-electron chi connectivity index (χ3n) is 3.41. The van der Waals surface area contributed by atoms with E-state index in [1.54, 1.807) is 6.92 Å². The van der Waals surface area contributed by atoms with Gasteiger partial charge in [-0.15, -0.1) is 0 Å². The number of ketones is 1. The highest BCUT2D eigenvalue weighted by molar-refractivity contribution is 5.82. The van der Waals surface area contributed by atoms with Crippen molar-refractivity contribution in [1.29, 1.82) is 0 Å². The Kier molecular flexibility index (Phi) is 2.39. The molecule has 0 aromatic carbocycles.